The van der Waals surface area contributed by atoms with Crippen molar-refractivity contribution in [3.8, 4) is 0 Å². The third kappa shape index (κ3) is 2.24. The Kier molecular flexibility index (Phi) is 3.52. The van der Waals surface area contributed by atoms with Gasteiger partial charge in [0.1, 0.15) is 0 Å². The predicted molar refractivity (Wildman–Crippen MR) is 73.5 cm³/mol. The third-order valence-electron chi connectivity index (χ3n) is 3.26. The second-order valence-corrected chi connectivity index (χ2v) is 5.74. The Morgan fingerprint density at radius 1 is 1.31 bits per heavy atom. The molecule has 1 saturated heterocycles. The van der Waals surface area contributed by atoms with Crippen LogP contribution in [0.25, 0.3) is 0 Å². The van der Waals surface area contributed by atoms with E-state index in [-0.39, 0.29) is 5.91 Å². The Balaban J connectivity index is 2.25. The van der Waals surface area contributed by atoms with Crippen LogP contribution in [0.4, 0.5) is 0 Å². The van der Waals surface area contributed by atoms with Crippen molar-refractivity contribution in [1.82, 2.24) is 4.90 Å². The van der Waals surface area contributed by atoms with Gasteiger partial charge in [0, 0.05) is 21.2 Å². The van der Waals surface area contributed by atoms with Gasteiger partial charge in [0.05, 0.1) is 0 Å². The Labute approximate surface area is 110 Å². The van der Waals surface area contributed by atoms with E-state index in [1.54, 1.807) is 0 Å². The van der Waals surface area contributed by atoms with Crippen LogP contribution in [0, 0.1) is 3.57 Å². The first-order valence-electron chi connectivity index (χ1n) is 5.68. The number of carbonyl (C=O) groups is 1. The molecule has 0 unspecified atom stereocenters. The molecule has 0 aliphatic carbocycles. The van der Waals surface area contributed by atoms with E-state index in [2.05, 4.69) is 36.4 Å². The van der Waals surface area contributed by atoms with Gasteiger partial charge in [0.2, 0.25) is 0 Å². The minimum Gasteiger partial charge on any atom is -0.333 e. The van der Waals surface area contributed by atoms with Crippen molar-refractivity contribution in [2.45, 2.75) is 38.8 Å². The number of rotatable bonds is 1. The summed E-state index contributed by atoms with van der Waals surface area (Å²) < 4.78 is 1.11. The molecule has 86 valence electrons. The predicted octanol–water partition coefficient (Wildman–Crippen LogP) is 3.30. The van der Waals surface area contributed by atoms with Crippen molar-refractivity contribution in [3.63, 3.8) is 0 Å². The number of hydrogen-bond acceptors (Lipinski definition) is 1. The third-order valence-corrected chi connectivity index (χ3v) is 3.93. The van der Waals surface area contributed by atoms with Crippen molar-refractivity contribution in [2.75, 3.05) is 0 Å². The number of halogens is 1. The molecule has 1 aromatic carbocycles. The highest BCUT2D eigenvalue weighted by Gasteiger charge is 2.31. The number of benzene rings is 1. The standard InChI is InChI=1S/C13H16INO/c1-9-6-7-10(2)15(9)13(16)11-4-3-5-12(14)8-11/h3-5,8-10H,6-7H2,1-2H3/t9-,10-/m1/s1. The van der Waals surface area contributed by atoms with E-state index >= 15 is 0 Å². The van der Waals surface area contributed by atoms with Gasteiger partial charge in [-0.1, -0.05) is 6.07 Å². The number of carbonyl (C=O) groups excluding carboxylic acids is 1. The zero-order valence-electron chi connectivity index (χ0n) is 9.61. The van der Waals surface area contributed by atoms with Gasteiger partial charge >= 0.3 is 0 Å². The van der Waals surface area contributed by atoms with Gasteiger partial charge in [-0.15, -0.1) is 0 Å². The maximum Gasteiger partial charge on any atom is 0.254 e. The summed E-state index contributed by atoms with van der Waals surface area (Å²) in [6.45, 7) is 4.27. The molecule has 1 heterocycles. The second-order valence-electron chi connectivity index (χ2n) is 4.50. The largest absolute Gasteiger partial charge is 0.333 e. The lowest BCUT2D eigenvalue weighted by molar-refractivity contribution is 0.0693. The molecule has 3 heteroatoms. The van der Waals surface area contributed by atoms with Crippen molar-refractivity contribution >= 4 is 28.5 Å². The lowest BCUT2D eigenvalue weighted by atomic mass is 10.2. The van der Waals surface area contributed by atoms with Crippen molar-refractivity contribution in [1.29, 1.82) is 0 Å². The number of hydrogen-bond donors (Lipinski definition) is 0. The number of amides is 1. The highest BCUT2D eigenvalue weighted by Crippen LogP contribution is 2.25. The fraction of sp³-hybridized carbons (Fsp3) is 0.462. The minimum absolute atomic E-state index is 0.177. The van der Waals surface area contributed by atoms with Crippen LogP contribution < -0.4 is 0 Å². The molecule has 0 N–H and O–H groups in total. The summed E-state index contributed by atoms with van der Waals surface area (Å²) in [5, 5.41) is 0. The summed E-state index contributed by atoms with van der Waals surface area (Å²) in [7, 11) is 0. The van der Waals surface area contributed by atoms with E-state index in [1.165, 1.54) is 0 Å². The smallest absolute Gasteiger partial charge is 0.254 e. The van der Waals surface area contributed by atoms with E-state index < -0.39 is 0 Å². The van der Waals surface area contributed by atoms with Crippen LogP contribution in [0.5, 0.6) is 0 Å². The summed E-state index contributed by atoms with van der Waals surface area (Å²) >= 11 is 2.24. The number of nitrogens with zero attached hydrogens (tertiary/aromatic N) is 1. The first kappa shape index (κ1) is 11.9. The Morgan fingerprint density at radius 2 is 1.94 bits per heavy atom. The van der Waals surface area contributed by atoms with Gasteiger partial charge < -0.3 is 4.90 Å². The molecule has 1 amide bonds. The number of likely N-dealkylation sites (tertiary alicyclic amines) is 1. The molecule has 16 heavy (non-hydrogen) atoms. The molecule has 0 aromatic heterocycles. The van der Waals surface area contributed by atoms with Crippen molar-refractivity contribution in [3.05, 3.63) is 33.4 Å². The maximum atomic E-state index is 12.3. The Bertz CT molecular complexity index is 395. The van der Waals surface area contributed by atoms with Crippen LogP contribution in [0.2, 0.25) is 0 Å². The van der Waals surface area contributed by atoms with Crippen LogP contribution in [0.15, 0.2) is 24.3 Å². The molecule has 0 spiro atoms. The summed E-state index contributed by atoms with van der Waals surface area (Å²) in [6, 6.07) is 8.57. The SMILES string of the molecule is C[C@@H]1CC[C@@H](C)N1C(=O)c1cccc(I)c1. The van der Waals surface area contributed by atoms with Gasteiger partial charge in [0.25, 0.3) is 5.91 Å². The van der Waals surface area contributed by atoms with Crippen molar-refractivity contribution in [2.24, 2.45) is 0 Å². The van der Waals surface area contributed by atoms with E-state index in [0.717, 1.165) is 22.0 Å². The molecule has 0 radical (unpaired) electrons. The fourth-order valence-electron chi connectivity index (χ4n) is 2.37. The van der Waals surface area contributed by atoms with Crippen LogP contribution >= 0.6 is 22.6 Å². The Hall–Kier alpha value is -0.580. The zero-order valence-corrected chi connectivity index (χ0v) is 11.8. The maximum absolute atomic E-state index is 12.3. The molecule has 1 aliphatic rings. The van der Waals surface area contributed by atoms with Gasteiger partial charge in [-0.2, -0.15) is 0 Å². The van der Waals surface area contributed by atoms with Crippen molar-refractivity contribution < 1.29 is 4.79 Å². The highest BCUT2D eigenvalue weighted by molar-refractivity contribution is 14.1. The molecule has 1 aromatic rings. The quantitative estimate of drug-likeness (QED) is 0.724. The molecule has 0 bridgehead atoms. The van der Waals surface area contributed by atoms with Crippen LogP contribution in [0.1, 0.15) is 37.0 Å². The average Bonchev–Trinajstić information content (AvgIpc) is 2.58. The molecule has 2 nitrogen and oxygen atoms in total. The van der Waals surface area contributed by atoms with Gasteiger partial charge in [0.15, 0.2) is 0 Å². The molecule has 1 fully saturated rings. The summed E-state index contributed by atoms with van der Waals surface area (Å²) in [5.74, 6) is 0.177. The minimum atomic E-state index is 0.177. The monoisotopic (exact) mass is 329 g/mol. The molecule has 1 aliphatic heterocycles. The normalized spacial score (nSPS) is 24.8. The second kappa shape index (κ2) is 4.73. The fourth-order valence-corrected chi connectivity index (χ4v) is 2.91. The molecule has 2 rings (SSSR count). The van der Waals surface area contributed by atoms with Gasteiger partial charge in [-0.05, 0) is 67.5 Å². The Morgan fingerprint density at radius 3 is 2.50 bits per heavy atom. The zero-order chi connectivity index (χ0) is 11.7. The first-order valence-corrected chi connectivity index (χ1v) is 6.75. The molecule has 0 saturated carbocycles. The highest BCUT2D eigenvalue weighted by atomic mass is 127. The topological polar surface area (TPSA) is 20.3 Å². The molecular weight excluding hydrogens is 313 g/mol. The van der Waals surface area contributed by atoms with Crippen LogP contribution in [-0.2, 0) is 0 Å². The summed E-state index contributed by atoms with van der Waals surface area (Å²) in [6.07, 6.45) is 2.24. The summed E-state index contributed by atoms with van der Waals surface area (Å²) in [5.41, 5.74) is 0.813. The van der Waals surface area contributed by atoms with Gasteiger partial charge in [-0.3, -0.25) is 4.79 Å². The lowest BCUT2D eigenvalue weighted by Gasteiger charge is -2.26. The molecular formula is C13H16INO. The van der Waals surface area contributed by atoms with E-state index in [4.69, 9.17) is 0 Å². The van der Waals surface area contributed by atoms with E-state index in [1.807, 2.05) is 29.2 Å². The van der Waals surface area contributed by atoms with Crippen LogP contribution in [0.3, 0.4) is 0 Å². The van der Waals surface area contributed by atoms with Gasteiger partial charge in [-0.25, -0.2) is 0 Å². The lowest BCUT2D eigenvalue weighted by Crippen LogP contribution is -2.38. The average molecular weight is 329 g/mol. The molecule has 2 atom stereocenters. The summed E-state index contributed by atoms with van der Waals surface area (Å²) in [4.78, 5) is 14.4. The first-order chi connectivity index (χ1) is 7.59. The van der Waals surface area contributed by atoms with Crippen LogP contribution in [-0.4, -0.2) is 22.9 Å². The van der Waals surface area contributed by atoms with E-state index in [9.17, 15) is 4.79 Å². The van der Waals surface area contributed by atoms with E-state index in [0.29, 0.717) is 12.1 Å².